The monoisotopic (exact) mass is 356 g/mol. The number of hydrogen-bond acceptors (Lipinski definition) is 1. The Morgan fingerprint density at radius 3 is 1.86 bits per heavy atom. The maximum atomic E-state index is 9.89. The van der Waals surface area contributed by atoms with Gasteiger partial charge in [-0.2, -0.15) is 0 Å². The summed E-state index contributed by atoms with van der Waals surface area (Å²) >= 11 is 5.57. The molecule has 0 amide bonds. The van der Waals surface area contributed by atoms with Gasteiger partial charge in [0.15, 0.2) is 0 Å². The van der Waals surface area contributed by atoms with Crippen molar-refractivity contribution in [3.05, 3.63) is 44.3 Å². The van der Waals surface area contributed by atoms with Gasteiger partial charge in [-0.3, -0.25) is 0 Å². The molecular weight excluding hydrogens is 335 g/mol. The van der Waals surface area contributed by atoms with Gasteiger partial charge in [0.1, 0.15) is 0 Å². The molecule has 0 saturated carbocycles. The molecule has 0 bridgehead atoms. The van der Waals surface area contributed by atoms with Crippen LogP contribution in [0.2, 0.25) is 0 Å². The number of hydrogen-bond donors (Lipinski definition) is 1. The van der Waals surface area contributed by atoms with E-state index in [4.69, 9.17) is 25.6 Å². The number of rotatable bonds is 7. The van der Waals surface area contributed by atoms with Gasteiger partial charge in [-0.15, -0.1) is 11.6 Å². The molecule has 6 heteroatoms. The number of halogens is 1. The Bertz CT molecular complexity index is 280. The van der Waals surface area contributed by atoms with Crippen LogP contribution in [0.3, 0.4) is 0 Å². The molecule has 21 heavy (non-hydrogen) atoms. The quantitative estimate of drug-likeness (QED) is 0.186. The van der Waals surface area contributed by atoms with Crippen molar-refractivity contribution < 1.29 is 36.1 Å². The molecule has 0 aliphatic rings. The minimum atomic E-state index is -0.675. The van der Waals surface area contributed by atoms with Gasteiger partial charge >= 0.3 is 33.9 Å². The largest absolute Gasteiger partial charge is 0 e. The molecule has 4 nitrogen and oxygen atoms in total. The number of alkyl halides is 1. The van der Waals surface area contributed by atoms with E-state index in [-0.39, 0.29) is 17.1 Å². The first-order valence-corrected chi connectivity index (χ1v) is 6.36. The van der Waals surface area contributed by atoms with Gasteiger partial charge in [0, 0.05) is 22.9 Å². The third-order valence-electron chi connectivity index (χ3n) is 2.08. The summed E-state index contributed by atoms with van der Waals surface area (Å²) in [5.41, 5.74) is -0.675. The Morgan fingerprint density at radius 2 is 1.48 bits per heavy atom. The van der Waals surface area contributed by atoms with Crippen LogP contribution in [0.15, 0.2) is 24.3 Å². The van der Waals surface area contributed by atoms with Crippen molar-refractivity contribution in [2.45, 2.75) is 45.1 Å². The van der Waals surface area contributed by atoms with E-state index in [0.29, 0.717) is 0 Å². The first-order valence-electron chi connectivity index (χ1n) is 5.82. The van der Waals surface area contributed by atoms with Crippen molar-refractivity contribution in [2.24, 2.45) is 0 Å². The number of allylic oxidation sites excluding steroid dienone is 3. The first-order chi connectivity index (χ1) is 9.62. The predicted molar refractivity (Wildman–Crippen MR) is 75.6 cm³/mol. The molecule has 0 aliphatic carbocycles. The third-order valence-corrected chi connectivity index (χ3v) is 2.34. The Kier molecular flexibility index (Phi) is 49.0. The summed E-state index contributed by atoms with van der Waals surface area (Å²) in [7, 11) is 0. The standard InChI is InChI=1S/C12H21ClO.3CO.Fe/c1-3-4-6-9-12(2,14)10-7-5-8-11-13;3*1-2;/h3-4,6,9,14H,5,7-8,10-11H2,1-2H3;;;;/b4-3+,9-6+;;;;/t12-;;;;/m1..../s1. The zero-order valence-corrected chi connectivity index (χ0v) is 14.1. The molecule has 0 heterocycles. The molecule has 1 N–H and O–H groups in total. The topological polar surface area (TPSA) is 79.9 Å². The molecule has 0 rings (SSSR count). The molecule has 0 aromatic heterocycles. The fourth-order valence-electron chi connectivity index (χ4n) is 1.21. The minimum absolute atomic E-state index is 0. The van der Waals surface area contributed by atoms with Crippen LogP contribution >= 0.6 is 11.6 Å². The Labute approximate surface area is 143 Å². The molecule has 0 aliphatic heterocycles. The van der Waals surface area contributed by atoms with Gasteiger partial charge in [-0.05, 0) is 26.7 Å². The van der Waals surface area contributed by atoms with Crippen molar-refractivity contribution in [3.8, 4) is 0 Å². The summed E-state index contributed by atoms with van der Waals surface area (Å²) in [5.74, 6) is 0.719. The number of aliphatic hydroxyl groups is 1. The molecule has 0 fully saturated rings. The zero-order valence-electron chi connectivity index (χ0n) is 12.2. The maximum Gasteiger partial charge on any atom is 0 e. The van der Waals surface area contributed by atoms with Crippen LogP contribution in [0.1, 0.15) is 39.5 Å². The smallest absolute Gasteiger partial charge is 0 e. The Morgan fingerprint density at radius 1 is 1.00 bits per heavy atom. The average molecular weight is 357 g/mol. The van der Waals surface area contributed by atoms with E-state index in [1.54, 1.807) is 0 Å². The van der Waals surface area contributed by atoms with Gasteiger partial charge in [-0.25, -0.2) is 0 Å². The average Bonchev–Trinajstić information content (AvgIpc) is 2.50. The second-order valence-corrected chi connectivity index (χ2v) is 4.12. The second kappa shape index (κ2) is 31.7. The summed E-state index contributed by atoms with van der Waals surface area (Å²) in [5, 5.41) is 9.89. The zero-order chi connectivity index (χ0) is 16.9. The normalized spacial score (nSPS) is 11.3. The van der Waals surface area contributed by atoms with Crippen molar-refractivity contribution >= 4 is 11.6 Å². The van der Waals surface area contributed by atoms with Crippen molar-refractivity contribution in [1.82, 2.24) is 0 Å². The van der Waals surface area contributed by atoms with E-state index in [0.717, 1.165) is 31.6 Å². The van der Waals surface area contributed by atoms with Crippen LogP contribution in [0.25, 0.3) is 0 Å². The predicted octanol–water partition coefficient (Wildman–Crippen LogP) is 3.55. The third kappa shape index (κ3) is 38.2. The van der Waals surface area contributed by atoms with Crippen LogP contribution in [0, 0.1) is 20.0 Å². The molecular formula is C15H21ClFeO4. The van der Waals surface area contributed by atoms with Gasteiger partial charge < -0.3 is 5.11 Å². The molecule has 0 unspecified atom stereocenters. The molecule has 0 spiro atoms. The first kappa shape index (κ1) is 32.4. The van der Waals surface area contributed by atoms with Crippen LogP contribution in [-0.2, 0) is 31.0 Å². The van der Waals surface area contributed by atoms with E-state index in [1.807, 2.05) is 38.2 Å². The van der Waals surface area contributed by atoms with E-state index in [1.165, 1.54) is 0 Å². The van der Waals surface area contributed by atoms with Crippen molar-refractivity contribution in [2.75, 3.05) is 5.88 Å². The van der Waals surface area contributed by atoms with Crippen molar-refractivity contribution in [1.29, 1.82) is 0 Å². The molecule has 1 atom stereocenters. The van der Waals surface area contributed by atoms with E-state index in [2.05, 4.69) is 20.0 Å². The summed E-state index contributed by atoms with van der Waals surface area (Å²) in [4.78, 5) is 0. The molecule has 0 aromatic carbocycles. The van der Waals surface area contributed by atoms with E-state index < -0.39 is 5.60 Å². The summed E-state index contributed by atoms with van der Waals surface area (Å²) in [6.07, 6.45) is 11.6. The van der Waals surface area contributed by atoms with Gasteiger partial charge in [0.05, 0.1) is 5.60 Å². The van der Waals surface area contributed by atoms with E-state index in [9.17, 15) is 5.11 Å². The van der Waals surface area contributed by atoms with Crippen molar-refractivity contribution in [3.63, 3.8) is 0 Å². The van der Waals surface area contributed by atoms with Crippen LogP contribution < -0.4 is 0 Å². The Balaban J connectivity index is -0.000000107. The van der Waals surface area contributed by atoms with Crippen LogP contribution in [0.4, 0.5) is 0 Å². The summed E-state index contributed by atoms with van der Waals surface area (Å²) < 4.78 is 22.5. The van der Waals surface area contributed by atoms with Gasteiger partial charge in [0.25, 0.3) is 0 Å². The summed E-state index contributed by atoms with van der Waals surface area (Å²) in [6.45, 7) is 17.3. The maximum absolute atomic E-state index is 9.89. The van der Waals surface area contributed by atoms with Crippen LogP contribution in [0.5, 0.6) is 0 Å². The van der Waals surface area contributed by atoms with Crippen LogP contribution in [-0.4, -0.2) is 16.6 Å². The fourth-order valence-corrected chi connectivity index (χ4v) is 1.40. The van der Waals surface area contributed by atoms with Gasteiger partial charge in [-0.1, -0.05) is 37.1 Å². The summed E-state index contributed by atoms with van der Waals surface area (Å²) in [6, 6.07) is 0. The Hall–Kier alpha value is -0.531. The fraction of sp³-hybridized carbons (Fsp3) is 0.533. The minimum Gasteiger partial charge on any atom is 0 e. The van der Waals surface area contributed by atoms with Gasteiger partial charge in [0.2, 0.25) is 0 Å². The molecule has 120 valence electrons. The second-order valence-electron chi connectivity index (χ2n) is 3.74. The number of unbranched alkanes of at least 4 members (excludes halogenated alkanes) is 2. The molecule has 0 saturated heterocycles. The molecule has 0 aromatic rings. The SMILES string of the molecule is C/C=C/C=C/[C@@](C)(O)CCCCCCl.[C-]#[O+].[C-]#[O+].[C-]#[O+].[Fe]. The van der Waals surface area contributed by atoms with E-state index >= 15 is 0 Å². The molecule has 0 radical (unpaired) electrons.